The minimum absolute atomic E-state index is 0.504. The monoisotopic (exact) mass is 260 g/mol. The van der Waals surface area contributed by atoms with Gasteiger partial charge in [-0.2, -0.15) is 0 Å². The van der Waals surface area contributed by atoms with Gasteiger partial charge in [0, 0.05) is 9.75 Å². The summed E-state index contributed by atoms with van der Waals surface area (Å²) in [6.07, 6.45) is -0.504. The summed E-state index contributed by atoms with van der Waals surface area (Å²) < 4.78 is 0. The summed E-state index contributed by atoms with van der Waals surface area (Å²) in [6.45, 7) is 8.50. The molecular formula is C16H20OS. The highest BCUT2D eigenvalue weighted by Gasteiger charge is 2.15. The van der Waals surface area contributed by atoms with Gasteiger partial charge in [0.2, 0.25) is 0 Å². The lowest BCUT2D eigenvalue weighted by Gasteiger charge is -2.12. The quantitative estimate of drug-likeness (QED) is 0.857. The van der Waals surface area contributed by atoms with Crippen LogP contribution < -0.4 is 0 Å². The lowest BCUT2D eigenvalue weighted by atomic mass is 9.97. The van der Waals surface area contributed by atoms with E-state index in [1.165, 1.54) is 15.3 Å². The zero-order valence-electron chi connectivity index (χ0n) is 11.4. The molecule has 0 aliphatic rings. The maximum absolute atomic E-state index is 10.4. The molecule has 0 aliphatic carbocycles. The number of hydrogen-bond donors (Lipinski definition) is 1. The van der Waals surface area contributed by atoms with Crippen molar-refractivity contribution in [1.29, 1.82) is 0 Å². The van der Waals surface area contributed by atoms with Crippen LogP contribution in [0.4, 0.5) is 0 Å². The van der Waals surface area contributed by atoms with Crippen molar-refractivity contribution in [3.63, 3.8) is 0 Å². The molecule has 0 bridgehead atoms. The van der Waals surface area contributed by atoms with Crippen LogP contribution in [0.5, 0.6) is 0 Å². The summed E-state index contributed by atoms with van der Waals surface area (Å²) >= 11 is 1.74. The van der Waals surface area contributed by atoms with E-state index in [0.29, 0.717) is 5.92 Å². The Morgan fingerprint density at radius 1 is 1.00 bits per heavy atom. The van der Waals surface area contributed by atoms with Crippen molar-refractivity contribution in [3.8, 4) is 0 Å². The number of aliphatic hydroxyl groups excluding tert-OH is 1. The van der Waals surface area contributed by atoms with Crippen LogP contribution in [-0.2, 0) is 0 Å². The van der Waals surface area contributed by atoms with Gasteiger partial charge in [0.1, 0.15) is 6.10 Å². The van der Waals surface area contributed by atoms with E-state index in [9.17, 15) is 5.11 Å². The minimum atomic E-state index is -0.504. The summed E-state index contributed by atoms with van der Waals surface area (Å²) in [4.78, 5) is 2.45. The van der Waals surface area contributed by atoms with Crippen LogP contribution in [0.2, 0.25) is 0 Å². The summed E-state index contributed by atoms with van der Waals surface area (Å²) in [5.41, 5.74) is 3.32. The van der Waals surface area contributed by atoms with E-state index >= 15 is 0 Å². The van der Waals surface area contributed by atoms with Crippen molar-refractivity contribution in [2.24, 2.45) is 0 Å². The predicted octanol–water partition coefficient (Wildman–Crippen LogP) is 4.57. The Labute approximate surface area is 113 Å². The molecule has 0 radical (unpaired) electrons. The Bertz CT molecular complexity index is 523. The third-order valence-corrected chi connectivity index (χ3v) is 4.27. The second-order valence-electron chi connectivity index (χ2n) is 5.09. The van der Waals surface area contributed by atoms with Gasteiger partial charge in [-0.1, -0.05) is 38.1 Å². The van der Waals surface area contributed by atoms with Crippen molar-refractivity contribution in [2.75, 3.05) is 0 Å². The molecular weight excluding hydrogens is 240 g/mol. The minimum Gasteiger partial charge on any atom is -0.384 e. The Hall–Kier alpha value is -1.12. The largest absolute Gasteiger partial charge is 0.384 e. The lowest BCUT2D eigenvalue weighted by molar-refractivity contribution is 0.220. The van der Waals surface area contributed by atoms with E-state index in [-0.39, 0.29) is 0 Å². The summed E-state index contributed by atoms with van der Waals surface area (Å²) in [7, 11) is 0. The molecule has 96 valence electrons. The van der Waals surface area contributed by atoms with E-state index in [1.54, 1.807) is 11.3 Å². The molecule has 0 fully saturated rings. The van der Waals surface area contributed by atoms with Gasteiger partial charge in [-0.05, 0) is 42.5 Å². The fourth-order valence-electron chi connectivity index (χ4n) is 2.16. The molecule has 0 amide bonds. The standard InChI is InChI=1S/C16H20OS/c1-10(2)13-5-7-14(8-6-13)16(17)15-9-11(3)18-12(15)4/h5-10,16-17H,1-4H3. The smallest absolute Gasteiger partial charge is 0.105 e. The number of benzene rings is 1. The molecule has 0 saturated heterocycles. The van der Waals surface area contributed by atoms with Crippen molar-refractivity contribution in [2.45, 2.75) is 39.7 Å². The molecule has 0 aliphatic heterocycles. The van der Waals surface area contributed by atoms with Crippen LogP contribution in [0.25, 0.3) is 0 Å². The van der Waals surface area contributed by atoms with Gasteiger partial charge in [0.15, 0.2) is 0 Å². The van der Waals surface area contributed by atoms with Gasteiger partial charge in [-0.15, -0.1) is 11.3 Å². The molecule has 0 spiro atoms. The first-order chi connectivity index (χ1) is 8.49. The Morgan fingerprint density at radius 2 is 1.56 bits per heavy atom. The van der Waals surface area contributed by atoms with E-state index in [0.717, 1.165) is 11.1 Å². The summed E-state index contributed by atoms with van der Waals surface area (Å²) in [5, 5.41) is 10.4. The molecule has 1 aromatic heterocycles. The first-order valence-corrected chi connectivity index (χ1v) is 7.15. The van der Waals surface area contributed by atoms with Gasteiger partial charge in [-0.25, -0.2) is 0 Å². The van der Waals surface area contributed by atoms with E-state index < -0.39 is 6.10 Å². The van der Waals surface area contributed by atoms with Crippen LogP contribution >= 0.6 is 11.3 Å². The number of aryl methyl sites for hydroxylation is 2. The maximum Gasteiger partial charge on any atom is 0.105 e. The van der Waals surface area contributed by atoms with E-state index in [2.05, 4.69) is 45.9 Å². The van der Waals surface area contributed by atoms with Crippen LogP contribution in [0.15, 0.2) is 30.3 Å². The van der Waals surface area contributed by atoms with Gasteiger partial charge in [0.05, 0.1) is 0 Å². The first kappa shape index (κ1) is 13.3. The molecule has 2 heteroatoms. The maximum atomic E-state index is 10.4. The first-order valence-electron chi connectivity index (χ1n) is 6.34. The Kier molecular flexibility index (Phi) is 3.88. The highest BCUT2D eigenvalue weighted by atomic mass is 32.1. The zero-order chi connectivity index (χ0) is 13.3. The van der Waals surface area contributed by atoms with Crippen molar-refractivity contribution < 1.29 is 5.11 Å². The molecule has 1 nitrogen and oxygen atoms in total. The highest BCUT2D eigenvalue weighted by Crippen LogP contribution is 2.31. The topological polar surface area (TPSA) is 20.2 Å². The number of thiophene rings is 1. The lowest BCUT2D eigenvalue weighted by Crippen LogP contribution is -2.00. The van der Waals surface area contributed by atoms with Gasteiger partial charge >= 0.3 is 0 Å². The second-order valence-corrected chi connectivity index (χ2v) is 6.55. The van der Waals surface area contributed by atoms with Gasteiger partial charge in [-0.3, -0.25) is 0 Å². The summed E-state index contributed by atoms with van der Waals surface area (Å²) in [6, 6.07) is 10.4. The van der Waals surface area contributed by atoms with Crippen LogP contribution in [0, 0.1) is 13.8 Å². The molecule has 0 saturated carbocycles. The highest BCUT2D eigenvalue weighted by molar-refractivity contribution is 7.12. The van der Waals surface area contributed by atoms with Crippen LogP contribution in [0.3, 0.4) is 0 Å². The molecule has 1 unspecified atom stereocenters. The Balaban J connectivity index is 2.28. The third kappa shape index (κ3) is 2.65. The number of hydrogen-bond acceptors (Lipinski definition) is 2. The average molecular weight is 260 g/mol. The normalized spacial score (nSPS) is 13.0. The summed E-state index contributed by atoms with van der Waals surface area (Å²) in [5.74, 6) is 0.529. The number of rotatable bonds is 3. The number of aliphatic hydroxyl groups is 1. The Morgan fingerprint density at radius 3 is 2.00 bits per heavy atom. The molecule has 2 rings (SSSR count). The van der Waals surface area contributed by atoms with E-state index in [1.807, 2.05) is 12.1 Å². The zero-order valence-corrected chi connectivity index (χ0v) is 12.2. The third-order valence-electron chi connectivity index (χ3n) is 3.29. The van der Waals surface area contributed by atoms with Crippen molar-refractivity contribution >= 4 is 11.3 Å². The fourth-order valence-corrected chi connectivity index (χ4v) is 3.12. The molecule has 18 heavy (non-hydrogen) atoms. The SMILES string of the molecule is Cc1cc(C(O)c2ccc(C(C)C)cc2)c(C)s1. The molecule has 1 atom stereocenters. The van der Waals surface area contributed by atoms with Crippen LogP contribution in [0.1, 0.15) is 52.3 Å². The second kappa shape index (κ2) is 5.25. The van der Waals surface area contributed by atoms with E-state index in [4.69, 9.17) is 0 Å². The van der Waals surface area contributed by atoms with Gasteiger partial charge < -0.3 is 5.11 Å². The van der Waals surface area contributed by atoms with Crippen LogP contribution in [-0.4, -0.2) is 5.11 Å². The van der Waals surface area contributed by atoms with Gasteiger partial charge in [0.25, 0.3) is 0 Å². The molecule has 1 aromatic carbocycles. The van der Waals surface area contributed by atoms with Crippen molar-refractivity contribution in [1.82, 2.24) is 0 Å². The van der Waals surface area contributed by atoms with Crippen molar-refractivity contribution in [3.05, 3.63) is 56.8 Å². The fraction of sp³-hybridized carbons (Fsp3) is 0.375. The predicted molar refractivity (Wildman–Crippen MR) is 78.4 cm³/mol. The molecule has 2 aromatic rings. The molecule has 1 N–H and O–H groups in total. The molecule has 1 heterocycles. The average Bonchev–Trinajstić information content (AvgIpc) is 2.67.